The number of nitrogens with zero attached hydrogens (tertiary/aromatic N) is 1. The molecule has 0 saturated heterocycles. The number of carbonyl (C=O) groups is 1. The summed E-state index contributed by atoms with van der Waals surface area (Å²) in [5.41, 5.74) is 0.883. The lowest BCUT2D eigenvalue weighted by atomic mass is 10.2. The predicted molar refractivity (Wildman–Crippen MR) is 64.6 cm³/mol. The van der Waals surface area contributed by atoms with Crippen LogP contribution in [0.3, 0.4) is 0 Å². The number of furan rings is 1. The van der Waals surface area contributed by atoms with Crippen LogP contribution in [-0.2, 0) is 11.2 Å². The molecule has 1 amide bonds. The molecule has 0 radical (unpaired) electrons. The summed E-state index contributed by atoms with van der Waals surface area (Å²) in [6, 6.07) is 9.20. The Labute approximate surface area is 99.7 Å². The highest BCUT2D eigenvalue weighted by molar-refractivity contribution is 5.89. The van der Waals surface area contributed by atoms with Crippen LogP contribution < -0.4 is 5.32 Å². The van der Waals surface area contributed by atoms with E-state index in [2.05, 4.69) is 10.3 Å². The summed E-state index contributed by atoms with van der Waals surface area (Å²) in [5.74, 6) is 1.35. The third-order valence-electron chi connectivity index (χ3n) is 2.33. The summed E-state index contributed by atoms with van der Waals surface area (Å²) in [4.78, 5) is 15.8. The van der Waals surface area contributed by atoms with Gasteiger partial charge in [0.05, 0.1) is 6.26 Å². The SMILES string of the molecule is Cc1cccc(NC(=O)CCc2ccco2)n1. The Balaban J connectivity index is 1.85. The first-order valence-corrected chi connectivity index (χ1v) is 5.50. The highest BCUT2D eigenvalue weighted by Gasteiger charge is 2.05. The molecule has 4 heteroatoms. The van der Waals surface area contributed by atoms with E-state index in [0.717, 1.165) is 11.5 Å². The molecule has 0 aliphatic heterocycles. The fraction of sp³-hybridized carbons (Fsp3) is 0.231. The van der Waals surface area contributed by atoms with Crippen LogP contribution in [0.15, 0.2) is 41.0 Å². The second-order valence-electron chi connectivity index (χ2n) is 3.79. The van der Waals surface area contributed by atoms with Crippen LogP contribution in [0, 0.1) is 6.92 Å². The van der Waals surface area contributed by atoms with Gasteiger partial charge in [-0.25, -0.2) is 4.98 Å². The minimum absolute atomic E-state index is 0.0560. The van der Waals surface area contributed by atoms with E-state index in [1.807, 2.05) is 31.2 Å². The molecule has 2 heterocycles. The van der Waals surface area contributed by atoms with Gasteiger partial charge < -0.3 is 9.73 Å². The molecule has 0 atom stereocenters. The summed E-state index contributed by atoms with van der Waals surface area (Å²) < 4.78 is 5.16. The smallest absolute Gasteiger partial charge is 0.225 e. The molecule has 17 heavy (non-hydrogen) atoms. The summed E-state index contributed by atoms with van der Waals surface area (Å²) in [6.45, 7) is 1.89. The molecule has 0 bridgehead atoms. The molecule has 2 aromatic rings. The van der Waals surface area contributed by atoms with Gasteiger partial charge in [-0.15, -0.1) is 0 Å². The van der Waals surface area contributed by atoms with Gasteiger partial charge in [0.2, 0.25) is 5.91 Å². The minimum atomic E-state index is -0.0560. The molecule has 0 spiro atoms. The maximum absolute atomic E-state index is 11.6. The summed E-state index contributed by atoms with van der Waals surface area (Å²) in [7, 11) is 0. The molecule has 88 valence electrons. The van der Waals surface area contributed by atoms with Crippen molar-refractivity contribution < 1.29 is 9.21 Å². The van der Waals surface area contributed by atoms with Gasteiger partial charge >= 0.3 is 0 Å². The molecule has 2 aromatic heterocycles. The van der Waals surface area contributed by atoms with Crippen LogP contribution in [0.4, 0.5) is 5.82 Å². The third-order valence-corrected chi connectivity index (χ3v) is 2.33. The van der Waals surface area contributed by atoms with E-state index in [9.17, 15) is 4.79 Å². The quantitative estimate of drug-likeness (QED) is 0.878. The van der Waals surface area contributed by atoms with E-state index in [1.54, 1.807) is 12.3 Å². The number of aromatic nitrogens is 1. The van der Waals surface area contributed by atoms with Gasteiger partial charge in [-0.2, -0.15) is 0 Å². The molecule has 1 N–H and O–H groups in total. The second-order valence-corrected chi connectivity index (χ2v) is 3.79. The van der Waals surface area contributed by atoms with Crippen molar-refractivity contribution in [3.05, 3.63) is 48.0 Å². The van der Waals surface area contributed by atoms with Gasteiger partial charge in [-0.05, 0) is 31.2 Å². The average molecular weight is 230 g/mol. The van der Waals surface area contributed by atoms with Crippen LogP contribution in [0.2, 0.25) is 0 Å². The number of rotatable bonds is 4. The first-order chi connectivity index (χ1) is 8.24. The van der Waals surface area contributed by atoms with Crippen LogP contribution >= 0.6 is 0 Å². The number of anilines is 1. The molecular weight excluding hydrogens is 216 g/mol. The number of aryl methyl sites for hydroxylation is 2. The predicted octanol–water partition coefficient (Wildman–Crippen LogP) is 2.55. The van der Waals surface area contributed by atoms with Gasteiger partial charge in [0.1, 0.15) is 11.6 Å². The number of hydrogen-bond donors (Lipinski definition) is 1. The van der Waals surface area contributed by atoms with Gasteiger partial charge in [0, 0.05) is 18.5 Å². The second kappa shape index (κ2) is 5.30. The van der Waals surface area contributed by atoms with Gasteiger partial charge in [0.25, 0.3) is 0 Å². The molecule has 0 aliphatic carbocycles. The first-order valence-electron chi connectivity index (χ1n) is 5.50. The first kappa shape index (κ1) is 11.4. The van der Waals surface area contributed by atoms with Crippen molar-refractivity contribution >= 4 is 11.7 Å². The Morgan fingerprint density at radius 1 is 1.35 bits per heavy atom. The maximum Gasteiger partial charge on any atom is 0.225 e. The monoisotopic (exact) mass is 230 g/mol. The number of amides is 1. The maximum atomic E-state index is 11.6. The molecule has 0 aromatic carbocycles. The van der Waals surface area contributed by atoms with Crippen molar-refractivity contribution in [3.63, 3.8) is 0 Å². The summed E-state index contributed by atoms with van der Waals surface area (Å²) in [6.07, 6.45) is 2.60. The average Bonchev–Trinajstić information content (AvgIpc) is 2.79. The summed E-state index contributed by atoms with van der Waals surface area (Å²) >= 11 is 0. The van der Waals surface area contributed by atoms with Gasteiger partial charge in [-0.3, -0.25) is 4.79 Å². The Hall–Kier alpha value is -2.10. The normalized spacial score (nSPS) is 10.2. The fourth-order valence-electron chi connectivity index (χ4n) is 1.51. The van der Waals surface area contributed by atoms with Crippen LogP contribution in [0.25, 0.3) is 0 Å². The van der Waals surface area contributed by atoms with Gasteiger partial charge in [-0.1, -0.05) is 6.07 Å². The van der Waals surface area contributed by atoms with E-state index in [1.165, 1.54) is 0 Å². The number of pyridine rings is 1. The third kappa shape index (κ3) is 3.45. The lowest BCUT2D eigenvalue weighted by Crippen LogP contribution is -2.13. The van der Waals surface area contributed by atoms with Gasteiger partial charge in [0.15, 0.2) is 0 Å². The van der Waals surface area contributed by atoms with E-state index in [4.69, 9.17) is 4.42 Å². The lowest BCUT2D eigenvalue weighted by molar-refractivity contribution is -0.116. The molecule has 0 unspecified atom stereocenters. The minimum Gasteiger partial charge on any atom is -0.469 e. The van der Waals surface area contributed by atoms with Crippen molar-refractivity contribution in [1.29, 1.82) is 0 Å². The lowest BCUT2D eigenvalue weighted by Gasteiger charge is -2.04. The highest BCUT2D eigenvalue weighted by Crippen LogP contribution is 2.07. The molecular formula is C13H14N2O2. The molecule has 4 nitrogen and oxygen atoms in total. The molecule has 0 saturated carbocycles. The molecule has 0 fully saturated rings. The van der Waals surface area contributed by atoms with E-state index < -0.39 is 0 Å². The van der Waals surface area contributed by atoms with Crippen molar-refractivity contribution in [1.82, 2.24) is 4.98 Å². The highest BCUT2D eigenvalue weighted by atomic mass is 16.3. The van der Waals surface area contributed by atoms with Crippen LogP contribution in [0.1, 0.15) is 17.9 Å². The zero-order valence-corrected chi connectivity index (χ0v) is 9.64. The zero-order chi connectivity index (χ0) is 12.1. The van der Waals surface area contributed by atoms with Crippen molar-refractivity contribution in [2.75, 3.05) is 5.32 Å². The van der Waals surface area contributed by atoms with Crippen molar-refractivity contribution in [3.8, 4) is 0 Å². The number of hydrogen-bond acceptors (Lipinski definition) is 3. The zero-order valence-electron chi connectivity index (χ0n) is 9.64. The van der Waals surface area contributed by atoms with Crippen LogP contribution in [0.5, 0.6) is 0 Å². The topological polar surface area (TPSA) is 55.1 Å². The molecule has 0 aliphatic rings. The van der Waals surface area contributed by atoms with E-state index in [-0.39, 0.29) is 5.91 Å². The Morgan fingerprint density at radius 2 is 2.24 bits per heavy atom. The van der Waals surface area contributed by atoms with Crippen molar-refractivity contribution in [2.45, 2.75) is 19.8 Å². The Morgan fingerprint density at radius 3 is 2.94 bits per heavy atom. The summed E-state index contributed by atoms with van der Waals surface area (Å²) in [5, 5.41) is 2.75. The number of nitrogens with one attached hydrogen (secondary N) is 1. The van der Waals surface area contributed by atoms with Crippen LogP contribution in [-0.4, -0.2) is 10.9 Å². The van der Waals surface area contributed by atoms with E-state index >= 15 is 0 Å². The Bertz CT molecular complexity index is 492. The fourth-order valence-corrected chi connectivity index (χ4v) is 1.51. The molecule has 2 rings (SSSR count). The largest absolute Gasteiger partial charge is 0.469 e. The number of carbonyl (C=O) groups excluding carboxylic acids is 1. The van der Waals surface area contributed by atoms with Crippen molar-refractivity contribution in [2.24, 2.45) is 0 Å². The van der Waals surface area contributed by atoms with E-state index in [0.29, 0.717) is 18.7 Å². The Kier molecular flexibility index (Phi) is 3.55. The standard InChI is InChI=1S/C13H14N2O2/c1-10-4-2-6-12(14-10)15-13(16)8-7-11-5-3-9-17-11/h2-6,9H,7-8H2,1H3,(H,14,15,16).